The third-order valence-electron chi connectivity index (χ3n) is 5.81. The summed E-state index contributed by atoms with van der Waals surface area (Å²) in [6.07, 6.45) is -8.11. The fourth-order valence-electron chi connectivity index (χ4n) is 3.67. The number of aliphatic hydroxyl groups is 1. The van der Waals surface area contributed by atoms with Gasteiger partial charge in [-0.1, -0.05) is 24.3 Å². The zero-order valence-electron chi connectivity index (χ0n) is 21.1. The quantitative estimate of drug-likeness (QED) is 0.266. The number of aliphatic hydroxyl groups excluding tert-OH is 1. The Labute approximate surface area is 224 Å². The van der Waals surface area contributed by atoms with Gasteiger partial charge in [-0.2, -0.15) is 26.3 Å². The lowest BCUT2D eigenvalue weighted by molar-refractivity contribution is -0.141. The molecule has 0 spiro atoms. The van der Waals surface area contributed by atoms with Crippen molar-refractivity contribution >= 4 is 5.91 Å². The van der Waals surface area contributed by atoms with E-state index < -0.39 is 35.1 Å². The molecule has 6 nitrogen and oxygen atoms in total. The molecule has 4 rings (SSSR count). The summed E-state index contributed by atoms with van der Waals surface area (Å²) in [6.45, 7) is 3.01. The zero-order chi connectivity index (χ0) is 29.3. The summed E-state index contributed by atoms with van der Waals surface area (Å²) in [7, 11) is 0. The van der Waals surface area contributed by atoms with Gasteiger partial charge in [-0.3, -0.25) is 9.78 Å². The number of halogens is 6. The van der Waals surface area contributed by atoms with Gasteiger partial charge in [0.2, 0.25) is 0 Å². The van der Waals surface area contributed by atoms with Crippen LogP contribution in [0.15, 0.2) is 72.9 Å². The SMILES string of the molecule is CC(C)(CO)NC(=O)c1cccc(-c2cc(-c3nc(-c4ccc(C(F)(F)F)cc4)cc(C(F)(F)F)n3)ccn2)c1. The van der Waals surface area contributed by atoms with Crippen molar-refractivity contribution < 1.29 is 36.2 Å². The van der Waals surface area contributed by atoms with Crippen molar-refractivity contribution in [1.82, 2.24) is 20.3 Å². The number of amides is 1. The summed E-state index contributed by atoms with van der Waals surface area (Å²) in [6, 6.07) is 13.5. The van der Waals surface area contributed by atoms with Crippen molar-refractivity contribution in [2.45, 2.75) is 31.7 Å². The Hall–Kier alpha value is -4.32. The molecule has 208 valence electrons. The van der Waals surface area contributed by atoms with E-state index in [4.69, 9.17) is 0 Å². The van der Waals surface area contributed by atoms with E-state index in [2.05, 4.69) is 20.3 Å². The van der Waals surface area contributed by atoms with Crippen LogP contribution in [0.3, 0.4) is 0 Å². The summed E-state index contributed by atoms with van der Waals surface area (Å²) < 4.78 is 80.0. The third-order valence-corrected chi connectivity index (χ3v) is 5.81. The van der Waals surface area contributed by atoms with Gasteiger partial charge < -0.3 is 10.4 Å². The van der Waals surface area contributed by atoms with Gasteiger partial charge >= 0.3 is 12.4 Å². The van der Waals surface area contributed by atoms with Crippen molar-refractivity contribution in [1.29, 1.82) is 0 Å². The van der Waals surface area contributed by atoms with Crippen LogP contribution in [0.5, 0.6) is 0 Å². The van der Waals surface area contributed by atoms with Crippen LogP contribution in [0.25, 0.3) is 33.9 Å². The Balaban J connectivity index is 1.74. The maximum atomic E-state index is 13.7. The topological polar surface area (TPSA) is 88.0 Å². The van der Waals surface area contributed by atoms with E-state index >= 15 is 0 Å². The number of carbonyl (C=O) groups excluding carboxylic acids is 1. The number of alkyl halides is 6. The molecule has 0 aliphatic heterocycles. The predicted molar refractivity (Wildman–Crippen MR) is 135 cm³/mol. The van der Waals surface area contributed by atoms with E-state index in [0.717, 1.165) is 24.3 Å². The molecular weight excluding hydrogens is 538 g/mol. The maximum Gasteiger partial charge on any atom is 0.433 e. The molecule has 0 saturated carbocycles. The zero-order valence-corrected chi connectivity index (χ0v) is 21.1. The second-order valence-electron chi connectivity index (χ2n) is 9.54. The van der Waals surface area contributed by atoms with E-state index in [9.17, 15) is 36.2 Å². The third kappa shape index (κ3) is 6.63. The van der Waals surface area contributed by atoms with Crippen molar-refractivity contribution in [3.8, 4) is 33.9 Å². The first-order valence-corrected chi connectivity index (χ1v) is 11.8. The average Bonchev–Trinajstić information content (AvgIpc) is 2.92. The molecular formula is C28H22F6N4O2. The van der Waals surface area contributed by atoms with Crippen LogP contribution in [0.4, 0.5) is 26.3 Å². The van der Waals surface area contributed by atoms with Crippen molar-refractivity contribution in [3.05, 3.63) is 89.7 Å². The second-order valence-corrected chi connectivity index (χ2v) is 9.54. The molecule has 0 unspecified atom stereocenters. The molecule has 1 amide bonds. The standard InChI is InChI=1S/C28H22F6N4O2/c1-26(2,15-39)38-25(40)19-5-3-4-17(12-19)21-13-18(10-11-35-21)24-36-22(14-23(37-24)28(32,33)34)16-6-8-20(9-7-16)27(29,30)31/h3-14,39H,15H2,1-2H3,(H,38,40). The van der Waals surface area contributed by atoms with Crippen LogP contribution in [0.1, 0.15) is 35.5 Å². The van der Waals surface area contributed by atoms with Crippen molar-refractivity contribution in [2.75, 3.05) is 6.61 Å². The molecule has 4 aromatic rings. The Morgan fingerprint density at radius 3 is 2.12 bits per heavy atom. The number of hydrogen-bond donors (Lipinski definition) is 2. The Bertz CT molecular complexity index is 1530. The minimum atomic E-state index is -4.85. The van der Waals surface area contributed by atoms with Crippen LogP contribution < -0.4 is 5.32 Å². The molecule has 0 bridgehead atoms. The van der Waals surface area contributed by atoms with E-state index in [0.29, 0.717) is 17.3 Å². The minimum Gasteiger partial charge on any atom is -0.394 e. The lowest BCUT2D eigenvalue weighted by Gasteiger charge is -2.23. The molecule has 40 heavy (non-hydrogen) atoms. The Morgan fingerprint density at radius 2 is 1.50 bits per heavy atom. The van der Waals surface area contributed by atoms with Crippen molar-refractivity contribution in [2.24, 2.45) is 0 Å². The van der Waals surface area contributed by atoms with Crippen LogP contribution in [0.2, 0.25) is 0 Å². The number of pyridine rings is 1. The van der Waals surface area contributed by atoms with E-state index in [1.54, 1.807) is 32.0 Å². The van der Waals surface area contributed by atoms with Crippen LogP contribution in [-0.2, 0) is 12.4 Å². The number of carbonyl (C=O) groups is 1. The lowest BCUT2D eigenvalue weighted by Crippen LogP contribution is -2.46. The normalized spacial score (nSPS) is 12.3. The molecule has 0 saturated heterocycles. The molecule has 0 atom stereocenters. The molecule has 0 aliphatic rings. The highest BCUT2D eigenvalue weighted by Crippen LogP contribution is 2.34. The van der Waals surface area contributed by atoms with Gasteiger partial charge in [-0.05, 0) is 56.3 Å². The summed E-state index contributed by atoms with van der Waals surface area (Å²) >= 11 is 0. The van der Waals surface area contributed by atoms with Crippen LogP contribution in [-0.4, -0.2) is 38.1 Å². The highest BCUT2D eigenvalue weighted by atomic mass is 19.4. The fourth-order valence-corrected chi connectivity index (χ4v) is 3.67. The largest absolute Gasteiger partial charge is 0.433 e. The van der Waals surface area contributed by atoms with Gasteiger partial charge in [0.1, 0.15) is 5.69 Å². The second kappa shape index (κ2) is 10.7. The number of aromatic nitrogens is 3. The van der Waals surface area contributed by atoms with Gasteiger partial charge in [0.15, 0.2) is 5.82 Å². The fraction of sp³-hybridized carbons (Fsp3) is 0.214. The minimum absolute atomic E-state index is 0.0425. The monoisotopic (exact) mass is 560 g/mol. The summed E-state index contributed by atoms with van der Waals surface area (Å²) in [5.74, 6) is -0.758. The predicted octanol–water partition coefficient (Wildman–Crippen LogP) is 6.41. The average molecular weight is 560 g/mol. The van der Waals surface area contributed by atoms with Crippen molar-refractivity contribution in [3.63, 3.8) is 0 Å². The smallest absolute Gasteiger partial charge is 0.394 e. The van der Waals surface area contributed by atoms with E-state index in [1.807, 2.05) is 0 Å². The number of benzene rings is 2. The van der Waals surface area contributed by atoms with E-state index in [1.165, 1.54) is 24.4 Å². The molecule has 2 N–H and O–H groups in total. The van der Waals surface area contributed by atoms with Gasteiger partial charge in [-0.15, -0.1) is 0 Å². The van der Waals surface area contributed by atoms with Gasteiger partial charge in [0.25, 0.3) is 5.91 Å². The number of nitrogens with zero attached hydrogens (tertiary/aromatic N) is 3. The highest BCUT2D eigenvalue weighted by molar-refractivity contribution is 5.95. The molecule has 12 heteroatoms. The molecule has 0 radical (unpaired) electrons. The van der Waals surface area contributed by atoms with E-state index in [-0.39, 0.29) is 34.8 Å². The van der Waals surface area contributed by atoms with Crippen LogP contribution in [0, 0.1) is 0 Å². The molecule has 2 heterocycles. The Morgan fingerprint density at radius 1 is 0.800 bits per heavy atom. The maximum absolute atomic E-state index is 13.7. The summed E-state index contributed by atoms with van der Waals surface area (Å²) in [4.78, 5) is 24.8. The molecule has 0 fully saturated rings. The van der Waals surface area contributed by atoms with Gasteiger partial charge in [0, 0.05) is 28.5 Å². The molecule has 0 aliphatic carbocycles. The molecule has 2 aromatic heterocycles. The first-order valence-electron chi connectivity index (χ1n) is 11.8. The van der Waals surface area contributed by atoms with Gasteiger partial charge in [0.05, 0.1) is 29.1 Å². The molecule has 2 aromatic carbocycles. The summed E-state index contributed by atoms with van der Waals surface area (Å²) in [5, 5.41) is 12.1. The Kier molecular flexibility index (Phi) is 7.66. The number of rotatable bonds is 6. The summed E-state index contributed by atoms with van der Waals surface area (Å²) in [5.41, 5.74) is -2.03. The van der Waals surface area contributed by atoms with Crippen LogP contribution >= 0.6 is 0 Å². The van der Waals surface area contributed by atoms with Gasteiger partial charge in [-0.25, -0.2) is 9.97 Å². The number of nitrogens with one attached hydrogen (secondary N) is 1. The highest BCUT2D eigenvalue weighted by Gasteiger charge is 2.34. The first kappa shape index (κ1) is 28.7. The lowest BCUT2D eigenvalue weighted by atomic mass is 10.0. The number of hydrogen-bond acceptors (Lipinski definition) is 5. The first-order chi connectivity index (χ1) is 18.7.